The van der Waals surface area contributed by atoms with Crippen LogP contribution in [0.15, 0.2) is 70.5 Å². The molecule has 0 aromatic heterocycles. The quantitative estimate of drug-likeness (QED) is 0.355. The van der Waals surface area contributed by atoms with Gasteiger partial charge in [0, 0.05) is 60.2 Å². The number of hydrogen-bond donors (Lipinski definition) is 2. The van der Waals surface area contributed by atoms with Gasteiger partial charge in [0.05, 0.1) is 15.2 Å². The van der Waals surface area contributed by atoms with Gasteiger partial charge in [0.2, 0.25) is 15.9 Å². The molecule has 1 saturated heterocycles. The molecule has 5 rings (SSSR count). The third-order valence-electron chi connectivity index (χ3n) is 7.30. The minimum Gasteiger partial charge on any atom is -0.326 e. The lowest BCUT2D eigenvalue weighted by Gasteiger charge is -2.34. The van der Waals surface area contributed by atoms with Crippen LogP contribution in [0, 0.1) is 5.41 Å². The summed E-state index contributed by atoms with van der Waals surface area (Å²) in [6, 6.07) is 17.9. The number of fused-ring (bicyclic) bond motifs is 1. The van der Waals surface area contributed by atoms with Gasteiger partial charge in [-0.1, -0.05) is 24.3 Å². The monoisotopic (exact) mass is 588 g/mol. The summed E-state index contributed by atoms with van der Waals surface area (Å²) >= 11 is 5.89. The van der Waals surface area contributed by atoms with E-state index in [1.807, 2.05) is 0 Å². The second-order valence-corrected chi connectivity index (χ2v) is 14.1. The SMILES string of the molecule is CC(C)(CCl)C(=O)Nc1ccc(NS(=O)c2cccc3c(S(=O)(=O)N4CCN(C5CC5)CC4)cccc23)cc1. The van der Waals surface area contributed by atoms with Crippen molar-refractivity contribution in [2.24, 2.45) is 5.41 Å². The Hall–Kier alpha value is -2.50. The van der Waals surface area contributed by atoms with Crippen molar-refractivity contribution in [2.45, 2.75) is 42.5 Å². The van der Waals surface area contributed by atoms with Crippen LogP contribution in [-0.4, -0.2) is 65.8 Å². The lowest BCUT2D eigenvalue weighted by Crippen LogP contribution is -2.49. The van der Waals surface area contributed by atoms with Gasteiger partial charge in [0.1, 0.15) is 0 Å². The second-order valence-electron chi connectivity index (χ2n) is 10.7. The highest BCUT2D eigenvalue weighted by Gasteiger charge is 2.35. The predicted octanol–water partition coefficient (Wildman–Crippen LogP) is 4.65. The van der Waals surface area contributed by atoms with Crippen molar-refractivity contribution in [1.82, 2.24) is 9.21 Å². The van der Waals surface area contributed by atoms with Crippen molar-refractivity contribution < 1.29 is 17.4 Å². The van der Waals surface area contributed by atoms with Gasteiger partial charge in [-0.05, 0) is 63.1 Å². The summed E-state index contributed by atoms with van der Waals surface area (Å²) in [7, 11) is -5.36. The molecule has 3 aromatic carbocycles. The zero-order valence-electron chi connectivity index (χ0n) is 22.0. The van der Waals surface area contributed by atoms with Gasteiger partial charge in [-0.3, -0.25) is 9.69 Å². The van der Waals surface area contributed by atoms with Crippen LogP contribution in [0.1, 0.15) is 26.7 Å². The number of carbonyl (C=O) groups is 1. The number of anilines is 2. The molecule has 39 heavy (non-hydrogen) atoms. The summed E-state index contributed by atoms with van der Waals surface area (Å²) in [4.78, 5) is 15.5. The maximum Gasteiger partial charge on any atom is 0.243 e. The maximum atomic E-state index is 13.6. The van der Waals surface area contributed by atoms with Gasteiger partial charge >= 0.3 is 0 Å². The normalized spacial score (nSPS) is 18.1. The van der Waals surface area contributed by atoms with Crippen molar-refractivity contribution in [2.75, 3.05) is 42.1 Å². The van der Waals surface area contributed by atoms with E-state index in [1.54, 1.807) is 78.8 Å². The fourth-order valence-electron chi connectivity index (χ4n) is 4.67. The Labute approximate surface area is 237 Å². The van der Waals surface area contributed by atoms with E-state index in [4.69, 9.17) is 11.6 Å². The Bertz CT molecular complexity index is 1500. The van der Waals surface area contributed by atoms with Gasteiger partial charge < -0.3 is 10.0 Å². The van der Waals surface area contributed by atoms with Gasteiger partial charge in [-0.2, -0.15) is 4.31 Å². The molecule has 1 heterocycles. The third-order valence-corrected chi connectivity index (χ3v) is 11.1. The van der Waals surface area contributed by atoms with E-state index in [0.717, 1.165) is 13.1 Å². The molecule has 8 nitrogen and oxygen atoms in total. The first-order chi connectivity index (χ1) is 18.6. The Morgan fingerprint density at radius 3 is 2.21 bits per heavy atom. The number of hydrogen-bond acceptors (Lipinski definition) is 5. The Kier molecular flexibility index (Phi) is 8.03. The van der Waals surface area contributed by atoms with E-state index >= 15 is 0 Å². The van der Waals surface area contributed by atoms with E-state index < -0.39 is 26.4 Å². The minimum absolute atomic E-state index is 0.187. The smallest absolute Gasteiger partial charge is 0.243 e. The zero-order chi connectivity index (χ0) is 27.8. The molecule has 208 valence electrons. The van der Waals surface area contributed by atoms with Gasteiger partial charge in [-0.15, -0.1) is 11.6 Å². The zero-order valence-corrected chi connectivity index (χ0v) is 24.4. The molecule has 0 spiro atoms. The summed E-state index contributed by atoms with van der Waals surface area (Å²) in [6.45, 7) is 5.99. The molecule has 3 aromatic rings. The lowest BCUT2D eigenvalue weighted by molar-refractivity contribution is -0.122. The van der Waals surface area contributed by atoms with Crippen LogP contribution in [0.3, 0.4) is 0 Å². The van der Waals surface area contributed by atoms with Crippen molar-refractivity contribution in [3.05, 3.63) is 60.7 Å². The maximum absolute atomic E-state index is 13.6. The van der Waals surface area contributed by atoms with Crippen LogP contribution in [0.5, 0.6) is 0 Å². The highest BCUT2D eigenvalue weighted by molar-refractivity contribution is 7.89. The Morgan fingerprint density at radius 2 is 1.56 bits per heavy atom. The van der Waals surface area contributed by atoms with Gasteiger partial charge in [0.25, 0.3) is 0 Å². The van der Waals surface area contributed by atoms with E-state index in [1.165, 1.54) is 12.8 Å². The standard InChI is InChI=1S/C28H33ClN4O4S2/c1-28(2,19-29)27(34)30-20-9-11-21(12-10-20)31-38(35)25-7-3-6-24-23(25)5-4-8-26(24)39(36,37)33-17-15-32(16-18-33)22-13-14-22/h3-12,22,31H,13-19H2,1-2H3,(H,30,34). The van der Waals surface area contributed by atoms with Crippen LogP contribution in [-0.2, 0) is 25.8 Å². The average Bonchev–Trinajstić information content (AvgIpc) is 3.79. The first-order valence-electron chi connectivity index (χ1n) is 13.0. The van der Waals surface area contributed by atoms with E-state index in [-0.39, 0.29) is 16.7 Å². The topological polar surface area (TPSA) is 98.8 Å². The van der Waals surface area contributed by atoms with E-state index in [9.17, 15) is 17.4 Å². The summed E-state index contributed by atoms with van der Waals surface area (Å²) in [5, 5.41) is 4.01. The number of halogens is 1. The lowest BCUT2D eigenvalue weighted by atomic mass is 9.95. The molecule has 1 aliphatic carbocycles. The molecule has 2 fully saturated rings. The number of amides is 1. The Morgan fingerprint density at radius 1 is 0.949 bits per heavy atom. The van der Waals surface area contributed by atoms with Crippen LogP contribution in [0.25, 0.3) is 10.8 Å². The average molecular weight is 589 g/mol. The molecule has 2 N–H and O–H groups in total. The largest absolute Gasteiger partial charge is 0.326 e. The van der Waals surface area contributed by atoms with Crippen LogP contribution in [0.4, 0.5) is 11.4 Å². The summed E-state index contributed by atoms with van der Waals surface area (Å²) in [6.07, 6.45) is 2.41. The van der Waals surface area contributed by atoms with Gasteiger partial charge in [-0.25, -0.2) is 12.6 Å². The Balaban J connectivity index is 1.33. The van der Waals surface area contributed by atoms with Crippen LogP contribution in [0.2, 0.25) is 0 Å². The minimum atomic E-state index is -3.70. The van der Waals surface area contributed by atoms with Gasteiger partial charge in [0.15, 0.2) is 11.0 Å². The fraction of sp³-hybridized carbons (Fsp3) is 0.393. The number of sulfonamides is 1. The molecule has 1 saturated carbocycles. The molecular weight excluding hydrogens is 556 g/mol. The van der Waals surface area contributed by atoms with Crippen LogP contribution >= 0.6 is 11.6 Å². The predicted molar refractivity (Wildman–Crippen MR) is 157 cm³/mol. The number of rotatable bonds is 9. The molecule has 0 bridgehead atoms. The molecule has 1 atom stereocenters. The number of carbonyl (C=O) groups excluding carboxylic acids is 1. The highest BCUT2D eigenvalue weighted by atomic mass is 35.5. The first kappa shape index (κ1) is 28.0. The van der Waals surface area contributed by atoms with E-state index in [0.29, 0.717) is 46.2 Å². The second kappa shape index (κ2) is 11.2. The van der Waals surface area contributed by atoms with Crippen molar-refractivity contribution in [3.63, 3.8) is 0 Å². The number of alkyl halides is 1. The fourth-order valence-corrected chi connectivity index (χ4v) is 7.46. The first-order valence-corrected chi connectivity index (χ1v) is 16.1. The number of nitrogens with zero attached hydrogens (tertiary/aromatic N) is 2. The molecule has 1 aliphatic heterocycles. The molecule has 0 radical (unpaired) electrons. The van der Waals surface area contributed by atoms with Crippen molar-refractivity contribution >= 4 is 60.7 Å². The number of piperazine rings is 1. The highest BCUT2D eigenvalue weighted by Crippen LogP contribution is 2.32. The summed E-state index contributed by atoms with van der Waals surface area (Å²) < 4.78 is 45.2. The molecule has 1 unspecified atom stereocenters. The van der Waals surface area contributed by atoms with Crippen molar-refractivity contribution in [3.8, 4) is 0 Å². The molecule has 1 amide bonds. The molecule has 2 aliphatic rings. The molecule has 11 heteroatoms. The molecular formula is C28H33ClN4O4S2. The summed E-state index contributed by atoms with van der Waals surface area (Å²) in [5.41, 5.74) is 0.496. The number of nitrogens with one attached hydrogen (secondary N) is 2. The van der Waals surface area contributed by atoms with Crippen LogP contribution < -0.4 is 10.0 Å². The number of benzene rings is 3. The van der Waals surface area contributed by atoms with Crippen molar-refractivity contribution in [1.29, 1.82) is 0 Å². The summed E-state index contributed by atoms with van der Waals surface area (Å²) in [5.74, 6) is 0.0100. The third kappa shape index (κ3) is 6.00. The van der Waals surface area contributed by atoms with E-state index in [2.05, 4.69) is 14.9 Å².